The Bertz CT molecular complexity index is 914. The Morgan fingerprint density at radius 1 is 1.09 bits per heavy atom. The van der Waals surface area contributed by atoms with Gasteiger partial charge in [-0.05, 0) is 13.0 Å². The van der Waals surface area contributed by atoms with Crippen molar-refractivity contribution in [3.8, 4) is 0 Å². The fraction of sp³-hybridized carbons (Fsp3) is 0.773. The van der Waals surface area contributed by atoms with Crippen LogP contribution in [0.3, 0.4) is 0 Å². The van der Waals surface area contributed by atoms with E-state index >= 15 is 0 Å². The van der Waals surface area contributed by atoms with Crippen LogP contribution in [0.4, 0.5) is 0 Å². The average molecular weight is 454 g/mol. The van der Waals surface area contributed by atoms with Crippen molar-refractivity contribution < 1.29 is 49.4 Å². The first-order valence-electron chi connectivity index (χ1n) is 10.7. The molecule has 32 heavy (non-hydrogen) atoms. The van der Waals surface area contributed by atoms with E-state index in [0.717, 1.165) is 6.92 Å². The Balaban J connectivity index is 2.08. The fourth-order valence-electron chi connectivity index (χ4n) is 7.54. The molecule has 0 radical (unpaired) electrons. The van der Waals surface area contributed by atoms with E-state index in [2.05, 4.69) is 0 Å². The first-order valence-corrected chi connectivity index (χ1v) is 10.7. The molecule has 3 fully saturated rings. The second-order valence-corrected chi connectivity index (χ2v) is 10.2. The van der Waals surface area contributed by atoms with Gasteiger partial charge in [-0.2, -0.15) is 0 Å². The highest BCUT2D eigenvalue weighted by Crippen LogP contribution is 2.69. The molecule has 1 aliphatic heterocycles. The molecular weight excluding hydrogens is 424 g/mol. The Labute approximate surface area is 184 Å². The summed E-state index contributed by atoms with van der Waals surface area (Å²) in [4.78, 5) is 37.4. The molecule has 4 rings (SSSR count). The van der Waals surface area contributed by atoms with Crippen molar-refractivity contribution in [2.24, 2.45) is 28.6 Å². The molecule has 2 saturated carbocycles. The van der Waals surface area contributed by atoms with E-state index in [1.807, 2.05) is 0 Å². The third kappa shape index (κ3) is 2.39. The molecule has 178 valence electrons. The second-order valence-electron chi connectivity index (χ2n) is 10.2. The van der Waals surface area contributed by atoms with E-state index in [1.54, 1.807) is 6.92 Å². The number of ether oxygens (including phenoxy) is 2. The summed E-state index contributed by atoms with van der Waals surface area (Å²) < 4.78 is 11.1. The van der Waals surface area contributed by atoms with Gasteiger partial charge in [0.15, 0.2) is 11.9 Å². The quantitative estimate of drug-likeness (QED) is 0.292. The predicted octanol–water partition coefficient (Wildman–Crippen LogP) is -1.54. The Kier molecular flexibility index (Phi) is 4.98. The highest BCUT2D eigenvalue weighted by molar-refractivity contribution is 5.96. The van der Waals surface area contributed by atoms with Crippen LogP contribution >= 0.6 is 0 Å². The number of aliphatic hydroxyl groups excluding tert-OH is 4. The van der Waals surface area contributed by atoms with Crippen LogP contribution in [-0.2, 0) is 23.9 Å². The molecule has 10 heteroatoms. The molecule has 0 amide bonds. The zero-order valence-electron chi connectivity index (χ0n) is 18.6. The van der Waals surface area contributed by atoms with Gasteiger partial charge in [0.2, 0.25) is 0 Å². The van der Waals surface area contributed by atoms with Crippen LogP contribution < -0.4 is 0 Å². The molecule has 12 unspecified atom stereocenters. The first kappa shape index (κ1) is 23.3. The van der Waals surface area contributed by atoms with Crippen molar-refractivity contribution in [2.45, 2.75) is 76.8 Å². The minimum Gasteiger partial charge on any atom is -0.458 e. The van der Waals surface area contributed by atoms with Gasteiger partial charge >= 0.3 is 11.9 Å². The lowest BCUT2D eigenvalue weighted by Crippen LogP contribution is -2.86. The molecule has 4 aliphatic rings. The largest absolute Gasteiger partial charge is 0.458 e. The number of rotatable bonds is 1. The van der Waals surface area contributed by atoms with Crippen molar-refractivity contribution >= 4 is 17.7 Å². The summed E-state index contributed by atoms with van der Waals surface area (Å²) in [5.74, 6) is -5.81. The number of hydrogen-bond acceptors (Lipinski definition) is 10. The van der Waals surface area contributed by atoms with Gasteiger partial charge in [0.1, 0.15) is 23.9 Å². The van der Waals surface area contributed by atoms with E-state index in [1.165, 1.54) is 26.8 Å². The number of fused-ring (bicyclic) bond motifs is 2. The van der Waals surface area contributed by atoms with Crippen molar-refractivity contribution in [1.82, 2.24) is 0 Å². The summed E-state index contributed by atoms with van der Waals surface area (Å²) in [5.41, 5.74) is -5.13. The van der Waals surface area contributed by atoms with Crippen LogP contribution in [0.5, 0.6) is 0 Å². The molecule has 0 aromatic heterocycles. The Morgan fingerprint density at radius 3 is 2.25 bits per heavy atom. The first-order chi connectivity index (χ1) is 14.7. The van der Waals surface area contributed by atoms with Crippen LogP contribution in [0, 0.1) is 28.6 Å². The van der Waals surface area contributed by atoms with Crippen LogP contribution in [-0.4, -0.2) is 85.5 Å². The second kappa shape index (κ2) is 6.83. The van der Waals surface area contributed by atoms with Gasteiger partial charge in [-0.3, -0.25) is 9.59 Å². The molecule has 0 spiro atoms. The normalized spacial score (nSPS) is 54.7. The molecule has 0 aromatic carbocycles. The van der Waals surface area contributed by atoms with E-state index in [9.17, 15) is 39.9 Å². The maximum Gasteiger partial charge on any atom is 0.338 e. The molecule has 5 N–H and O–H groups in total. The van der Waals surface area contributed by atoms with Crippen LogP contribution in [0.15, 0.2) is 11.6 Å². The van der Waals surface area contributed by atoms with E-state index in [4.69, 9.17) is 9.47 Å². The lowest BCUT2D eigenvalue weighted by Gasteiger charge is -2.72. The van der Waals surface area contributed by atoms with E-state index in [-0.39, 0.29) is 0 Å². The van der Waals surface area contributed by atoms with Gasteiger partial charge in [-0.25, -0.2) is 4.79 Å². The number of aliphatic hydroxyl groups is 5. The molecule has 0 aromatic rings. The summed E-state index contributed by atoms with van der Waals surface area (Å²) in [6, 6.07) is 0. The predicted molar refractivity (Wildman–Crippen MR) is 106 cm³/mol. The van der Waals surface area contributed by atoms with Crippen molar-refractivity contribution in [3.63, 3.8) is 0 Å². The number of hydrogen-bond donors (Lipinski definition) is 5. The molecule has 10 nitrogen and oxygen atoms in total. The van der Waals surface area contributed by atoms with Crippen LogP contribution in [0.2, 0.25) is 0 Å². The Hall–Kier alpha value is -1.85. The van der Waals surface area contributed by atoms with Crippen molar-refractivity contribution in [1.29, 1.82) is 0 Å². The number of ketones is 1. The van der Waals surface area contributed by atoms with Crippen molar-refractivity contribution in [2.75, 3.05) is 0 Å². The molecule has 1 heterocycles. The lowest BCUT2D eigenvalue weighted by molar-refractivity contribution is -0.372. The van der Waals surface area contributed by atoms with Crippen LogP contribution in [0.1, 0.15) is 34.6 Å². The maximum absolute atomic E-state index is 12.7. The SMILES string of the molecule is CC(=O)OC1C2C(C)=CC(=O)C(O)C2(C)C2C(O)C(O)C(C)C3(O)C(O)C(=O)OC1C23C. The fourth-order valence-corrected chi connectivity index (χ4v) is 7.54. The molecule has 0 bridgehead atoms. The van der Waals surface area contributed by atoms with Crippen molar-refractivity contribution in [3.05, 3.63) is 11.6 Å². The van der Waals surface area contributed by atoms with Gasteiger partial charge < -0.3 is 35.0 Å². The van der Waals surface area contributed by atoms with Gasteiger partial charge in [-0.15, -0.1) is 0 Å². The van der Waals surface area contributed by atoms with Gasteiger partial charge in [0.05, 0.1) is 12.2 Å². The molecule has 3 aliphatic carbocycles. The maximum atomic E-state index is 12.7. The van der Waals surface area contributed by atoms with Crippen LogP contribution in [0.25, 0.3) is 0 Å². The summed E-state index contributed by atoms with van der Waals surface area (Å²) in [7, 11) is 0. The standard InChI is InChI=1S/C22H30O10/c1-7-6-10(24)16(27)20(4)11(7)14(31-9(3)23)18-21(5)15(20)13(26)12(25)8(2)22(21,30)17(28)19(29)32-18/h6,8,11-18,25-28,30H,1-5H3. The zero-order valence-corrected chi connectivity index (χ0v) is 18.6. The summed E-state index contributed by atoms with van der Waals surface area (Å²) in [6.07, 6.45) is -8.23. The summed E-state index contributed by atoms with van der Waals surface area (Å²) >= 11 is 0. The minimum absolute atomic E-state index is 0.433. The van der Waals surface area contributed by atoms with Gasteiger partial charge in [0.25, 0.3) is 0 Å². The highest BCUT2D eigenvalue weighted by atomic mass is 16.6. The Morgan fingerprint density at radius 2 is 1.69 bits per heavy atom. The number of carbonyl (C=O) groups excluding carboxylic acids is 3. The average Bonchev–Trinajstić information content (AvgIpc) is 2.69. The third-order valence-corrected chi connectivity index (χ3v) is 8.87. The topological polar surface area (TPSA) is 171 Å². The number of carbonyl (C=O) groups is 3. The monoisotopic (exact) mass is 454 g/mol. The highest BCUT2D eigenvalue weighted by Gasteiger charge is 2.82. The zero-order chi connectivity index (χ0) is 24.1. The lowest BCUT2D eigenvalue weighted by atomic mass is 9.36. The number of esters is 2. The minimum atomic E-state index is -2.32. The molecule has 12 atom stereocenters. The van der Waals surface area contributed by atoms with E-state index < -0.39 is 88.5 Å². The molecule has 1 saturated heterocycles. The summed E-state index contributed by atoms with van der Waals surface area (Å²) in [6.45, 7) is 7.13. The molecular formula is C22H30O10. The van der Waals surface area contributed by atoms with E-state index in [0.29, 0.717) is 5.57 Å². The smallest absolute Gasteiger partial charge is 0.338 e. The van der Waals surface area contributed by atoms with Gasteiger partial charge in [0, 0.05) is 35.5 Å². The van der Waals surface area contributed by atoms with Gasteiger partial charge in [-0.1, -0.05) is 26.3 Å². The summed E-state index contributed by atoms with van der Waals surface area (Å²) in [5, 5.41) is 55.9. The third-order valence-electron chi connectivity index (χ3n) is 8.87.